The maximum absolute atomic E-state index is 13.0. The van der Waals surface area contributed by atoms with Crippen molar-refractivity contribution in [3.05, 3.63) is 64.5 Å². The van der Waals surface area contributed by atoms with Crippen molar-refractivity contribution in [1.82, 2.24) is 14.8 Å². The van der Waals surface area contributed by atoms with Crippen molar-refractivity contribution >= 4 is 23.3 Å². The lowest BCUT2D eigenvalue weighted by Gasteiger charge is -2.21. The summed E-state index contributed by atoms with van der Waals surface area (Å²) < 4.78 is 23.5. The Balaban J connectivity index is 0.000000250. The number of halogens is 1. The molecular weight excluding hydrogens is 473 g/mol. The first-order valence-corrected chi connectivity index (χ1v) is 11.5. The van der Waals surface area contributed by atoms with Crippen molar-refractivity contribution in [2.24, 2.45) is 0 Å². The summed E-state index contributed by atoms with van der Waals surface area (Å²) >= 11 is 1.25. The van der Waals surface area contributed by atoms with E-state index in [1.54, 1.807) is 64.2 Å². The second-order valence-corrected chi connectivity index (χ2v) is 8.97. The molecular formula is C25H30FN3O5S. The number of carboxylic acid groups (broad SMARTS) is 1. The molecule has 1 heterocycles. The lowest BCUT2D eigenvalue weighted by molar-refractivity contribution is 0.0692. The topological polar surface area (TPSA) is 92.2 Å². The van der Waals surface area contributed by atoms with Gasteiger partial charge in [0.15, 0.2) is 17.2 Å². The van der Waals surface area contributed by atoms with Crippen LogP contribution in [0.3, 0.4) is 0 Å². The fraction of sp³-hybridized carbons (Fsp3) is 0.320. The van der Waals surface area contributed by atoms with E-state index in [0.29, 0.717) is 33.5 Å². The van der Waals surface area contributed by atoms with Crippen LogP contribution in [0.15, 0.2) is 42.5 Å². The number of carbonyl (C=O) groups excluding carboxylic acids is 1. The van der Waals surface area contributed by atoms with Gasteiger partial charge in [-0.15, -0.1) is 11.3 Å². The van der Waals surface area contributed by atoms with Crippen molar-refractivity contribution in [2.45, 2.75) is 13.3 Å². The second-order valence-electron chi connectivity index (χ2n) is 7.76. The fourth-order valence-corrected chi connectivity index (χ4v) is 4.07. The number of amides is 2. The standard InChI is InChI=1S/C14H22N2O3.C11H8FNO2S/c1-15(2)14(17)16(3)9-8-11-6-7-12(18-4)13(10-11)19-5;1-6-13-9(11(14)15)10(16-6)7-3-2-4-8(12)5-7/h6-7,10H,8-9H2,1-5H3;2-5H,1H3,(H,14,15). The number of methoxy groups -OCH3 is 2. The molecule has 0 aliphatic carbocycles. The number of aryl methyl sites for hydroxylation is 1. The van der Waals surface area contributed by atoms with Gasteiger partial charge in [-0.2, -0.15) is 0 Å². The number of thiazole rings is 1. The van der Waals surface area contributed by atoms with Gasteiger partial charge in [-0.05, 0) is 48.7 Å². The second kappa shape index (κ2) is 12.7. The lowest BCUT2D eigenvalue weighted by atomic mass is 10.1. The van der Waals surface area contributed by atoms with Crippen LogP contribution in [0.25, 0.3) is 10.4 Å². The zero-order chi connectivity index (χ0) is 26.1. The van der Waals surface area contributed by atoms with E-state index < -0.39 is 5.97 Å². The predicted molar refractivity (Wildman–Crippen MR) is 134 cm³/mol. The Kier molecular flexibility index (Phi) is 10.0. The smallest absolute Gasteiger partial charge is 0.356 e. The molecule has 0 fully saturated rings. The quantitative estimate of drug-likeness (QED) is 0.497. The van der Waals surface area contributed by atoms with Gasteiger partial charge < -0.3 is 24.4 Å². The maximum atomic E-state index is 13.0. The summed E-state index contributed by atoms with van der Waals surface area (Å²) in [5, 5.41) is 9.61. The van der Waals surface area contributed by atoms with Crippen LogP contribution in [-0.2, 0) is 6.42 Å². The minimum atomic E-state index is -1.09. The van der Waals surface area contributed by atoms with Crippen LogP contribution in [-0.4, -0.2) is 73.8 Å². The molecule has 0 unspecified atom stereocenters. The molecule has 188 valence electrons. The van der Waals surface area contributed by atoms with Gasteiger partial charge in [-0.25, -0.2) is 19.0 Å². The minimum Gasteiger partial charge on any atom is -0.493 e. The number of carbonyl (C=O) groups is 2. The molecule has 0 atom stereocenters. The molecule has 2 aromatic carbocycles. The number of rotatable bonds is 7. The van der Waals surface area contributed by atoms with Gasteiger partial charge in [0.1, 0.15) is 5.82 Å². The van der Waals surface area contributed by atoms with Crippen LogP contribution in [0.2, 0.25) is 0 Å². The van der Waals surface area contributed by atoms with Crippen molar-refractivity contribution in [3.8, 4) is 21.9 Å². The molecule has 0 bridgehead atoms. The van der Waals surface area contributed by atoms with E-state index in [4.69, 9.17) is 14.6 Å². The fourth-order valence-electron chi connectivity index (χ4n) is 3.17. The molecule has 0 saturated heterocycles. The van der Waals surface area contributed by atoms with Crippen LogP contribution in [0.1, 0.15) is 21.1 Å². The Morgan fingerprint density at radius 3 is 2.31 bits per heavy atom. The van der Waals surface area contributed by atoms with Crippen LogP contribution in [0, 0.1) is 12.7 Å². The first kappa shape index (κ1) is 27.6. The first-order chi connectivity index (χ1) is 16.6. The summed E-state index contributed by atoms with van der Waals surface area (Å²) in [7, 11) is 8.51. The van der Waals surface area contributed by atoms with Gasteiger partial charge in [-0.1, -0.05) is 18.2 Å². The molecule has 1 N–H and O–H groups in total. The largest absolute Gasteiger partial charge is 0.493 e. The number of nitrogens with zero attached hydrogens (tertiary/aromatic N) is 3. The van der Waals surface area contributed by atoms with E-state index in [1.807, 2.05) is 18.2 Å². The highest BCUT2D eigenvalue weighted by Crippen LogP contribution is 2.30. The van der Waals surface area contributed by atoms with Gasteiger partial charge >= 0.3 is 12.0 Å². The summed E-state index contributed by atoms with van der Waals surface area (Å²) in [4.78, 5) is 30.3. The molecule has 0 saturated carbocycles. The average molecular weight is 504 g/mol. The highest BCUT2D eigenvalue weighted by Gasteiger charge is 2.17. The molecule has 10 heteroatoms. The van der Waals surface area contributed by atoms with Crippen molar-refractivity contribution in [2.75, 3.05) is 41.9 Å². The van der Waals surface area contributed by atoms with Gasteiger partial charge in [-0.3, -0.25) is 0 Å². The van der Waals surface area contributed by atoms with E-state index >= 15 is 0 Å². The molecule has 35 heavy (non-hydrogen) atoms. The Labute approximate surface area is 208 Å². The zero-order valence-electron chi connectivity index (χ0n) is 20.7. The Hall–Kier alpha value is -3.66. The summed E-state index contributed by atoms with van der Waals surface area (Å²) in [6.07, 6.45) is 0.774. The van der Waals surface area contributed by atoms with Gasteiger partial charge in [0, 0.05) is 27.7 Å². The van der Waals surface area contributed by atoms with E-state index in [-0.39, 0.29) is 17.5 Å². The number of urea groups is 1. The third-order valence-electron chi connectivity index (χ3n) is 4.92. The molecule has 3 aromatic rings. The van der Waals surface area contributed by atoms with Gasteiger partial charge in [0.2, 0.25) is 0 Å². The van der Waals surface area contributed by atoms with E-state index in [2.05, 4.69) is 4.98 Å². The van der Waals surface area contributed by atoms with E-state index in [1.165, 1.54) is 23.5 Å². The van der Waals surface area contributed by atoms with Crippen molar-refractivity contribution in [3.63, 3.8) is 0 Å². The molecule has 0 aliphatic rings. The molecule has 2 amide bonds. The molecule has 0 aliphatic heterocycles. The average Bonchev–Trinajstić information content (AvgIpc) is 3.24. The van der Waals surface area contributed by atoms with E-state index in [9.17, 15) is 14.0 Å². The SMILES string of the molecule is COc1ccc(CCN(C)C(=O)N(C)C)cc1OC.Cc1nc(C(=O)O)c(-c2cccc(F)c2)s1. The van der Waals surface area contributed by atoms with Gasteiger partial charge in [0.25, 0.3) is 0 Å². The Morgan fingerprint density at radius 1 is 1.06 bits per heavy atom. The Morgan fingerprint density at radius 2 is 1.74 bits per heavy atom. The molecule has 3 rings (SSSR count). The van der Waals surface area contributed by atoms with Crippen LogP contribution in [0.4, 0.5) is 9.18 Å². The number of carboxylic acids is 1. The third kappa shape index (κ3) is 7.68. The maximum Gasteiger partial charge on any atom is 0.356 e. The highest BCUT2D eigenvalue weighted by molar-refractivity contribution is 7.15. The van der Waals surface area contributed by atoms with E-state index in [0.717, 1.165) is 12.0 Å². The zero-order valence-corrected chi connectivity index (χ0v) is 21.5. The highest BCUT2D eigenvalue weighted by atomic mass is 32.1. The molecule has 8 nitrogen and oxygen atoms in total. The number of hydrogen-bond donors (Lipinski definition) is 1. The molecule has 0 radical (unpaired) electrons. The van der Waals surface area contributed by atoms with Crippen LogP contribution in [0.5, 0.6) is 11.5 Å². The normalized spacial score (nSPS) is 10.1. The molecule has 0 spiro atoms. The number of benzene rings is 2. The number of aromatic carboxylic acids is 1. The molecule has 1 aromatic heterocycles. The Bertz CT molecular complexity index is 1170. The minimum absolute atomic E-state index is 0.000441. The lowest BCUT2D eigenvalue weighted by Crippen LogP contribution is -2.37. The number of hydrogen-bond acceptors (Lipinski definition) is 6. The monoisotopic (exact) mass is 503 g/mol. The summed E-state index contributed by atoms with van der Waals surface area (Å²) in [5.74, 6) is -0.0611. The van der Waals surface area contributed by atoms with Crippen molar-refractivity contribution < 1.29 is 28.6 Å². The predicted octanol–water partition coefficient (Wildman–Crippen LogP) is 4.82. The van der Waals surface area contributed by atoms with Crippen LogP contribution >= 0.6 is 11.3 Å². The van der Waals surface area contributed by atoms with Crippen molar-refractivity contribution in [1.29, 1.82) is 0 Å². The summed E-state index contributed by atoms with van der Waals surface area (Å²) in [6.45, 7) is 2.38. The third-order valence-corrected chi connectivity index (χ3v) is 5.94. The summed E-state index contributed by atoms with van der Waals surface area (Å²) in [5.41, 5.74) is 1.63. The van der Waals surface area contributed by atoms with Gasteiger partial charge in [0.05, 0.1) is 24.1 Å². The summed E-state index contributed by atoms with van der Waals surface area (Å²) in [6, 6.07) is 11.6. The number of likely N-dealkylation sites (N-methyl/N-ethyl adjacent to an activating group) is 1. The number of ether oxygens (including phenoxy) is 2. The van der Waals surface area contributed by atoms with Crippen LogP contribution < -0.4 is 9.47 Å². The number of aromatic nitrogens is 1. The first-order valence-electron chi connectivity index (χ1n) is 10.7.